The molecule has 2 aromatic rings. The van der Waals surface area contributed by atoms with Crippen LogP contribution in [-0.4, -0.2) is 23.2 Å². The van der Waals surface area contributed by atoms with Gasteiger partial charge in [-0.1, -0.05) is 13.8 Å². The molecule has 0 amide bonds. The van der Waals surface area contributed by atoms with Crippen LogP contribution < -0.4 is 9.47 Å². The molecule has 2 rings (SSSR count). The molecule has 0 aliphatic heterocycles. The molecule has 21 heavy (non-hydrogen) atoms. The molecule has 0 bridgehead atoms. The highest BCUT2D eigenvalue weighted by molar-refractivity contribution is 7.09. The molecule has 0 saturated carbocycles. The number of benzene rings is 1. The molecule has 6 heteroatoms. The van der Waals surface area contributed by atoms with Gasteiger partial charge in [0.05, 0.1) is 18.4 Å². The number of hydrogen-bond acceptors (Lipinski definition) is 5. The Labute approximate surface area is 127 Å². The third-order valence-electron chi connectivity index (χ3n) is 2.92. The SMILES string of the molecule is COc1cc(C(=O)O)ccc1OCc1nc(C(C)C)cs1. The van der Waals surface area contributed by atoms with Gasteiger partial charge in [0.25, 0.3) is 0 Å². The van der Waals surface area contributed by atoms with Crippen molar-refractivity contribution < 1.29 is 19.4 Å². The molecule has 1 N–H and O–H groups in total. The first-order valence-corrected chi connectivity index (χ1v) is 7.37. The van der Waals surface area contributed by atoms with Crippen molar-refractivity contribution >= 4 is 17.3 Å². The minimum Gasteiger partial charge on any atom is -0.493 e. The number of thiazole rings is 1. The molecule has 0 atom stereocenters. The summed E-state index contributed by atoms with van der Waals surface area (Å²) in [5.41, 5.74) is 1.21. The smallest absolute Gasteiger partial charge is 0.335 e. The maximum atomic E-state index is 10.9. The third-order valence-corrected chi connectivity index (χ3v) is 3.76. The van der Waals surface area contributed by atoms with Crippen LogP contribution in [-0.2, 0) is 6.61 Å². The maximum absolute atomic E-state index is 10.9. The van der Waals surface area contributed by atoms with E-state index in [0.717, 1.165) is 10.7 Å². The van der Waals surface area contributed by atoms with Crippen LogP contribution >= 0.6 is 11.3 Å². The van der Waals surface area contributed by atoms with E-state index in [1.807, 2.05) is 5.38 Å². The average Bonchev–Trinajstić information content (AvgIpc) is 2.93. The first-order valence-electron chi connectivity index (χ1n) is 6.49. The number of carbonyl (C=O) groups is 1. The highest BCUT2D eigenvalue weighted by atomic mass is 32.1. The van der Waals surface area contributed by atoms with E-state index >= 15 is 0 Å². The Bertz CT molecular complexity index is 636. The molecule has 0 unspecified atom stereocenters. The van der Waals surface area contributed by atoms with Crippen LogP contribution in [0.15, 0.2) is 23.6 Å². The zero-order valence-electron chi connectivity index (χ0n) is 12.1. The van der Waals surface area contributed by atoms with E-state index in [4.69, 9.17) is 14.6 Å². The van der Waals surface area contributed by atoms with Crippen molar-refractivity contribution in [1.82, 2.24) is 4.98 Å². The Morgan fingerprint density at radius 3 is 2.71 bits per heavy atom. The first kappa shape index (κ1) is 15.3. The van der Waals surface area contributed by atoms with Gasteiger partial charge in [0.1, 0.15) is 11.6 Å². The van der Waals surface area contributed by atoms with Gasteiger partial charge in [0, 0.05) is 5.38 Å². The second kappa shape index (κ2) is 6.58. The molecule has 0 radical (unpaired) electrons. The fraction of sp³-hybridized carbons (Fsp3) is 0.333. The summed E-state index contributed by atoms with van der Waals surface area (Å²) < 4.78 is 10.8. The molecule has 0 fully saturated rings. The first-order chi connectivity index (χ1) is 10.0. The molecule has 112 valence electrons. The van der Waals surface area contributed by atoms with Crippen molar-refractivity contribution in [2.24, 2.45) is 0 Å². The molecule has 1 aromatic heterocycles. The van der Waals surface area contributed by atoms with Gasteiger partial charge < -0.3 is 14.6 Å². The van der Waals surface area contributed by atoms with Gasteiger partial charge in [-0.25, -0.2) is 9.78 Å². The lowest BCUT2D eigenvalue weighted by atomic mass is 10.2. The van der Waals surface area contributed by atoms with Gasteiger partial charge in [-0.2, -0.15) is 0 Å². The number of carboxylic acids is 1. The standard InChI is InChI=1S/C15H17NO4S/c1-9(2)11-8-21-14(16-11)7-20-12-5-4-10(15(17)18)6-13(12)19-3/h4-6,8-9H,7H2,1-3H3,(H,17,18). The van der Waals surface area contributed by atoms with E-state index in [1.165, 1.54) is 19.2 Å². The van der Waals surface area contributed by atoms with E-state index in [0.29, 0.717) is 24.0 Å². The van der Waals surface area contributed by atoms with Crippen molar-refractivity contribution in [3.05, 3.63) is 39.8 Å². The predicted molar refractivity (Wildman–Crippen MR) is 80.5 cm³/mol. The summed E-state index contributed by atoms with van der Waals surface area (Å²) in [7, 11) is 1.48. The maximum Gasteiger partial charge on any atom is 0.335 e. The average molecular weight is 307 g/mol. The second-order valence-electron chi connectivity index (χ2n) is 4.78. The molecule has 1 aromatic carbocycles. The van der Waals surface area contributed by atoms with Gasteiger partial charge in [-0.3, -0.25) is 0 Å². The molecule has 0 aliphatic rings. The van der Waals surface area contributed by atoms with Crippen LogP contribution in [0, 0.1) is 0 Å². The van der Waals surface area contributed by atoms with Gasteiger partial charge in [0.15, 0.2) is 11.5 Å². The lowest BCUT2D eigenvalue weighted by Gasteiger charge is -2.10. The number of carboxylic acid groups (broad SMARTS) is 1. The minimum atomic E-state index is -0.999. The number of aromatic nitrogens is 1. The quantitative estimate of drug-likeness (QED) is 0.884. The highest BCUT2D eigenvalue weighted by Crippen LogP contribution is 2.29. The number of methoxy groups -OCH3 is 1. The van der Waals surface area contributed by atoms with Crippen molar-refractivity contribution in [2.75, 3.05) is 7.11 Å². The van der Waals surface area contributed by atoms with E-state index in [2.05, 4.69) is 18.8 Å². The molecular weight excluding hydrogens is 290 g/mol. The summed E-state index contributed by atoms with van der Waals surface area (Å²) in [5.74, 6) is 0.292. The number of aromatic carboxylic acids is 1. The van der Waals surface area contributed by atoms with Crippen molar-refractivity contribution in [3.8, 4) is 11.5 Å². The lowest BCUT2D eigenvalue weighted by molar-refractivity contribution is 0.0696. The van der Waals surface area contributed by atoms with Crippen LogP contribution in [0.4, 0.5) is 0 Å². The minimum absolute atomic E-state index is 0.163. The highest BCUT2D eigenvalue weighted by Gasteiger charge is 2.11. The fourth-order valence-electron chi connectivity index (χ4n) is 1.72. The number of hydrogen-bond donors (Lipinski definition) is 1. The molecule has 1 heterocycles. The zero-order valence-corrected chi connectivity index (χ0v) is 12.9. The summed E-state index contributed by atoms with van der Waals surface area (Å²) in [6.07, 6.45) is 0. The van der Waals surface area contributed by atoms with Crippen LogP contribution in [0.5, 0.6) is 11.5 Å². The summed E-state index contributed by atoms with van der Waals surface area (Å²) in [6.45, 7) is 4.51. The Morgan fingerprint density at radius 1 is 1.38 bits per heavy atom. The summed E-state index contributed by atoms with van der Waals surface area (Å²) in [5, 5.41) is 11.9. The summed E-state index contributed by atoms with van der Waals surface area (Å²) in [6, 6.07) is 4.53. The number of nitrogens with zero attached hydrogens (tertiary/aromatic N) is 1. The Kier molecular flexibility index (Phi) is 4.80. The zero-order chi connectivity index (χ0) is 15.4. The van der Waals surface area contributed by atoms with E-state index < -0.39 is 5.97 Å². The number of ether oxygens (including phenoxy) is 2. The Morgan fingerprint density at radius 2 is 2.14 bits per heavy atom. The van der Waals surface area contributed by atoms with Crippen molar-refractivity contribution in [1.29, 1.82) is 0 Å². The largest absolute Gasteiger partial charge is 0.493 e. The van der Waals surface area contributed by atoms with E-state index in [9.17, 15) is 4.79 Å². The van der Waals surface area contributed by atoms with Gasteiger partial charge >= 0.3 is 5.97 Å². The van der Waals surface area contributed by atoms with E-state index in [1.54, 1.807) is 17.4 Å². The van der Waals surface area contributed by atoms with Crippen LogP contribution in [0.25, 0.3) is 0 Å². The van der Waals surface area contributed by atoms with Crippen LogP contribution in [0.1, 0.15) is 40.8 Å². The Balaban J connectivity index is 2.10. The number of rotatable bonds is 6. The van der Waals surface area contributed by atoms with Gasteiger partial charge in [0.2, 0.25) is 0 Å². The summed E-state index contributed by atoms with van der Waals surface area (Å²) in [4.78, 5) is 15.4. The molecule has 5 nitrogen and oxygen atoms in total. The molecule has 0 aliphatic carbocycles. The van der Waals surface area contributed by atoms with Gasteiger partial charge in [-0.15, -0.1) is 11.3 Å². The molecule has 0 spiro atoms. The molecular formula is C15H17NO4S. The van der Waals surface area contributed by atoms with Crippen molar-refractivity contribution in [2.45, 2.75) is 26.4 Å². The second-order valence-corrected chi connectivity index (χ2v) is 5.72. The van der Waals surface area contributed by atoms with Crippen LogP contribution in [0.3, 0.4) is 0 Å². The van der Waals surface area contributed by atoms with Crippen molar-refractivity contribution in [3.63, 3.8) is 0 Å². The summed E-state index contributed by atoms with van der Waals surface area (Å²) >= 11 is 1.55. The fourth-order valence-corrected chi connectivity index (χ4v) is 2.58. The topological polar surface area (TPSA) is 68.7 Å². The molecule has 0 saturated heterocycles. The lowest BCUT2D eigenvalue weighted by Crippen LogP contribution is -2.01. The Hall–Kier alpha value is -2.08. The monoisotopic (exact) mass is 307 g/mol. The van der Waals surface area contributed by atoms with E-state index in [-0.39, 0.29) is 5.56 Å². The predicted octanol–water partition coefficient (Wildman–Crippen LogP) is 3.55. The third kappa shape index (κ3) is 3.72. The van der Waals surface area contributed by atoms with Gasteiger partial charge in [-0.05, 0) is 24.1 Å². The van der Waals surface area contributed by atoms with Crippen LogP contribution in [0.2, 0.25) is 0 Å². The normalized spacial score (nSPS) is 10.7.